The van der Waals surface area contributed by atoms with Gasteiger partial charge in [-0.25, -0.2) is 0 Å². The highest BCUT2D eigenvalue weighted by atomic mass is 16.5. The molecule has 0 N–H and O–H groups in total. The summed E-state index contributed by atoms with van der Waals surface area (Å²) < 4.78 is 6.88. The third kappa shape index (κ3) is 4.70. The number of hydrogen-bond acceptors (Lipinski definition) is 1. The number of ether oxygens (including phenoxy) is 1. The van der Waals surface area contributed by atoms with Gasteiger partial charge in [0.25, 0.3) is 0 Å². The Morgan fingerprint density at radius 3 is 2.29 bits per heavy atom. The molecular weight excluding hydrogens is 412 g/mol. The van der Waals surface area contributed by atoms with Gasteiger partial charge in [0.2, 0.25) is 0 Å². The van der Waals surface area contributed by atoms with Crippen molar-refractivity contribution in [3.8, 4) is 0 Å². The molecule has 3 saturated carbocycles. The summed E-state index contributed by atoms with van der Waals surface area (Å²) in [6.07, 6.45) is 17.0. The lowest BCUT2D eigenvalue weighted by Gasteiger charge is -2.59. The minimum absolute atomic E-state index is 0.0766. The number of fused-ring (bicyclic) bond motifs is 5. The fourth-order valence-corrected chi connectivity index (χ4v) is 9.78. The second-order valence-electron chi connectivity index (χ2n) is 15.8. The highest BCUT2D eigenvalue weighted by Crippen LogP contribution is 2.69. The Balaban J connectivity index is 1.59. The van der Waals surface area contributed by atoms with E-state index in [0.29, 0.717) is 16.9 Å². The highest BCUT2D eigenvalue weighted by Gasteiger charge is 2.61. The predicted octanol–water partition coefficient (Wildman–Crippen LogP) is 9.85. The zero-order valence-corrected chi connectivity index (χ0v) is 24.6. The Labute approximate surface area is 213 Å². The second-order valence-corrected chi connectivity index (χ2v) is 15.8. The Hall–Kier alpha value is -0.300. The summed E-state index contributed by atoms with van der Waals surface area (Å²) in [7, 11) is 0. The van der Waals surface area contributed by atoms with Gasteiger partial charge < -0.3 is 4.74 Å². The van der Waals surface area contributed by atoms with E-state index in [1.165, 1.54) is 64.2 Å². The average molecular weight is 471 g/mol. The topological polar surface area (TPSA) is 9.23 Å². The van der Waals surface area contributed by atoms with Crippen LogP contribution in [0.4, 0.5) is 0 Å². The van der Waals surface area contributed by atoms with Crippen molar-refractivity contribution in [1.29, 1.82) is 0 Å². The highest BCUT2D eigenvalue weighted by molar-refractivity contribution is 5.25. The number of hydrogen-bond donors (Lipinski definition) is 0. The van der Waals surface area contributed by atoms with Crippen molar-refractivity contribution in [2.45, 2.75) is 145 Å². The molecule has 0 bridgehead atoms. The first-order valence-electron chi connectivity index (χ1n) is 15.1. The molecular formula is C33H58O. The zero-order chi connectivity index (χ0) is 25.1. The van der Waals surface area contributed by atoms with E-state index in [9.17, 15) is 0 Å². The van der Waals surface area contributed by atoms with E-state index in [1.54, 1.807) is 0 Å². The lowest BCUT2D eigenvalue weighted by molar-refractivity contribution is -0.153. The van der Waals surface area contributed by atoms with E-state index >= 15 is 0 Å². The van der Waals surface area contributed by atoms with Gasteiger partial charge in [0.1, 0.15) is 0 Å². The molecule has 0 saturated heterocycles. The molecule has 8 atom stereocenters. The predicted molar refractivity (Wildman–Crippen MR) is 147 cm³/mol. The maximum absolute atomic E-state index is 6.88. The van der Waals surface area contributed by atoms with Gasteiger partial charge in [-0.15, -0.1) is 0 Å². The molecule has 0 heterocycles. The molecule has 0 aromatic carbocycles. The van der Waals surface area contributed by atoms with E-state index in [1.807, 2.05) is 5.57 Å². The fourth-order valence-electron chi connectivity index (χ4n) is 9.78. The fraction of sp³-hybridized carbons (Fsp3) is 0.939. The SMILES string of the molecule is CC(C)CC[C@@H](OC(C)(C)C)C(C)(C)C1CCC2C3CC=C4CC(C)CC[C@@]4(C)C3CC[C@]21C. The van der Waals surface area contributed by atoms with E-state index in [0.717, 1.165) is 35.5 Å². The van der Waals surface area contributed by atoms with Crippen molar-refractivity contribution < 1.29 is 4.74 Å². The second kappa shape index (κ2) is 9.22. The van der Waals surface area contributed by atoms with Gasteiger partial charge in [0.05, 0.1) is 11.7 Å². The molecule has 5 unspecified atom stereocenters. The minimum atomic E-state index is -0.0766. The summed E-state index contributed by atoms with van der Waals surface area (Å²) in [5, 5.41) is 0. The Kier molecular flexibility index (Phi) is 7.25. The first-order chi connectivity index (χ1) is 15.7. The van der Waals surface area contributed by atoms with E-state index in [2.05, 4.69) is 75.3 Å². The van der Waals surface area contributed by atoms with Gasteiger partial charge in [-0.2, -0.15) is 0 Å². The van der Waals surface area contributed by atoms with Crippen molar-refractivity contribution in [1.82, 2.24) is 0 Å². The van der Waals surface area contributed by atoms with E-state index < -0.39 is 0 Å². The molecule has 0 aromatic heterocycles. The Morgan fingerprint density at radius 1 is 0.941 bits per heavy atom. The molecule has 3 fully saturated rings. The van der Waals surface area contributed by atoms with Gasteiger partial charge in [-0.3, -0.25) is 0 Å². The summed E-state index contributed by atoms with van der Waals surface area (Å²) in [6.45, 7) is 24.5. The zero-order valence-electron chi connectivity index (χ0n) is 24.6. The average Bonchev–Trinajstić information content (AvgIpc) is 3.08. The summed E-state index contributed by atoms with van der Waals surface area (Å²) in [4.78, 5) is 0. The largest absolute Gasteiger partial charge is 0.372 e. The molecule has 1 heteroatoms. The van der Waals surface area contributed by atoms with Crippen LogP contribution in [-0.4, -0.2) is 11.7 Å². The molecule has 4 rings (SSSR count). The van der Waals surface area contributed by atoms with Crippen LogP contribution in [0.15, 0.2) is 11.6 Å². The van der Waals surface area contributed by atoms with Gasteiger partial charge in [-0.1, -0.05) is 60.1 Å². The summed E-state index contributed by atoms with van der Waals surface area (Å²) in [6, 6.07) is 0. The molecule has 196 valence electrons. The standard InChI is InChI=1S/C33H58O/c1-22(2)11-16-29(34-30(4,5)6)31(7,8)28-15-14-26-25-13-12-24-21-23(3)17-19-32(24,9)27(25)18-20-33(26,28)10/h12,22-23,25-29H,11,13-21H2,1-10H3/t23?,25?,26?,27?,28?,29-,32-,33-/m1/s1. The van der Waals surface area contributed by atoms with E-state index in [4.69, 9.17) is 4.74 Å². The van der Waals surface area contributed by atoms with Crippen molar-refractivity contribution in [2.75, 3.05) is 0 Å². The van der Waals surface area contributed by atoms with Gasteiger partial charge in [0, 0.05) is 0 Å². The lowest BCUT2D eigenvalue weighted by atomic mass is 9.45. The van der Waals surface area contributed by atoms with Gasteiger partial charge in [0.15, 0.2) is 0 Å². The number of rotatable bonds is 6. The van der Waals surface area contributed by atoms with Crippen LogP contribution in [0.25, 0.3) is 0 Å². The monoisotopic (exact) mass is 470 g/mol. The molecule has 0 aliphatic heterocycles. The molecule has 0 radical (unpaired) electrons. The third-order valence-electron chi connectivity index (χ3n) is 11.6. The maximum Gasteiger partial charge on any atom is 0.0636 e. The van der Waals surface area contributed by atoms with Crippen molar-refractivity contribution >= 4 is 0 Å². The Bertz CT molecular complexity index is 753. The summed E-state index contributed by atoms with van der Waals surface area (Å²) >= 11 is 0. The third-order valence-corrected chi connectivity index (χ3v) is 11.6. The van der Waals surface area contributed by atoms with Crippen LogP contribution in [0.5, 0.6) is 0 Å². The molecule has 4 aliphatic rings. The molecule has 34 heavy (non-hydrogen) atoms. The normalized spacial score (nSPS) is 41.5. The summed E-state index contributed by atoms with van der Waals surface area (Å²) in [5.74, 6) is 5.17. The first-order valence-corrected chi connectivity index (χ1v) is 15.1. The van der Waals surface area contributed by atoms with Crippen molar-refractivity contribution in [2.24, 2.45) is 51.8 Å². The lowest BCUT2D eigenvalue weighted by Crippen LogP contribution is -2.53. The van der Waals surface area contributed by atoms with Gasteiger partial charge in [-0.05, 0) is 137 Å². The number of allylic oxidation sites excluding steroid dienone is 2. The van der Waals surface area contributed by atoms with Crippen LogP contribution < -0.4 is 0 Å². The molecule has 4 aliphatic carbocycles. The molecule has 0 spiro atoms. The van der Waals surface area contributed by atoms with Crippen LogP contribution in [-0.2, 0) is 4.74 Å². The van der Waals surface area contributed by atoms with E-state index in [-0.39, 0.29) is 11.0 Å². The quantitative estimate of drug-likeness (QED) is 0.351. The van der Waals surface area contributed by atoms with Crippen LogP contribution >= 0.6 is 0 Å². The van der Waals surface area contributed by atoms with Crippen LogP contribution in [0.2, 0.25) is 0 Å². The van der Waals surface area contributed by atoms with Crippen molar-refractivity contribution in [3.05, 3.63) is 11.6 Å². The maximum atomic E-state index is 6.88. The molecule has 1 nitrogen and oxygen atoms in total. The van der Waals surface area contributed by atoms with Crippen LogP contribution in [0, 0.1) is 51.8 Å². The smallest absolute Gasteiger partial charge is 0.0636 e. The van der Waals surface area contributed by atoms with Crippen LogP contribution in [0.3, 0.4) is 0 Å². The van der Waals surface area contributed by atoms with Crippen LogP contribution in [0.1, 0.15) is 133 Å². The summed E-state index contributed by atoms with van der Waals surface area (Å²) in [5.41, 5.74) is 2.97. The Morgan fingerprint density at radius 2 is 1.65 bits per heavy atom. The van der Waals surface area contributed by atoms with Gasteiger partial charge >= 0.3 is 0 Å². The minimum Gasteiger partial charge on any atom is -0.372 e. The first kappa shape index (κ1) is 26.8. The molecule has 0 aromatic rings. The molecule has 0 amide bonds. The van der Waals surface area contributed by atoms with Crippen molar-refractivity contribution in [3.63, 3.8) is 0 Å².